The average molecular weight is 614 g/mol. The van der Waals surface area contributed by atoms with Crippen LogP contribution in [-0.2, 0) is 20.7 Å². The fourth-order valence-corrected chi connectivity index (χ4v) is 5.81. The molecule has 1 amide bonds. The summed E-state index contributed by atoms with van der Waals surface area (Å²) in [4.78, 5) is 34.4. The highest BCUT2D eigenvalue weighted by atomic mass is 19.1. The number of pyridine rings is 1. The summed E-state index contributed by atoms with van der Waals surface area (Å²) < 4.78 is 38.3. The predicted octanol–water partition coefficient (Wildman–Crippen LogP) is 5.44. The number of rotatable bonds is 12. The van der Waals surface area contributed by atoms with Crippen molar-refractivity contribution in [1.82, 2.24) is 9.88 Å². The van der Waals surface area contributed by atoms with Gasteiger partial charge in [-0.25, -0.2) is 4.39 Å². The Morgan fingerprint density at radius 1 is 0.978 bits per heavy atom. The number of nitrogens with zero attached hydrogens (tertiary/aromatic N) is 3. The van der Waals surface area contributed by atoms with Crippen LogP contribution in [-0.4, -0.2) is 74.7 Å². The van der Waals surface area contributed by atoms with Gasteiger partial charge in [-0.15, -0.1) is 0 Å². The van der Waals surface area contributed by atoms with Gasteiger partial charge in [0.15, 0.2) is 23.1 Å². The van der Waals surface area contributed by atoms with E-state index in [0.29, 0.717) is 53.3 Å². The third kappa shape index (κ3) is 7.08. The van der Waals surface area contributed by atoms with Crippen molar-refractivity contribution in [2.24, 2.45) is 5.92 Å². The number of para-hydroxylation sites is 1. The van der Waals surface area contributed by atoms with Gasteiger partial charge >= 0.3 is 0 Å². The lowest BCUT2D eigenvalue weighted by molar-refractivity contribution is -0.130. The molecule has 2 fully saturated rings. The number of aromatic nitrogens is 1. The maximum Gasteiger partial charge on any atom is 0.237 e. The van der Waals surface area contributed by atoms with E-state index in [-0.39, 0.29) is 23.9 Å². The second-order valence-corrected chi connectivity index (χ2v) is 11.2. The molecule has 10 heteroatoms. The molecule has 0 saturated carbocycles. The maximum absolute atomic E-state index is 15.3. The number of anilines is 1. The van der Waals surface area contributed by atoms with Crippen molar-refractivity contribution < 1.29 is 32.9 Å². The van der Waals surface area contributed by atoms with E-state index in [4.69, 9.17) is 18.9 Å². The number of fused-ring (bicyclic) bond motifs is 1. The molecule has 0 bridgehead atoms. The van der Waals surface area contributed by atoms with Crippen LogP contribution in [0, 0.1) is 11.7 Å². The van der Waals surface area contributed by atoms with E-state index in [2.05, 4.69) is 9.88 Å². The van der Waals surface area contributed by atoms with Gasteiger partial charge in [-0.2, -0.15) is 0 Å². The average Bonchev–Trinajstić information content (AvgIpc) is 3.46. The van der Waals surface area contributed by atoms with Crippen molar-refractivity contribution in [3.8, 4) is 23.0 Å². The van der Waals surface area contributed by atoms with Crippen LogP contribution in [0.2, 0.25) is 0 Å². The molecule has 1 atom stereocenters. The van der Waals surface area contributed by atoms with E-state index in [1.165, 1.54) is 12.1 Å². The molecule has 2 aliphatic heterocycles. The number of amides is 1. The molecule has 1 aromatic heterocycles. The first kappa shape index (κ1) is 30.5. The molecule has 3 heterocycles. The van der Waals surface area contributed by atoms with Crippen molar-refractivity contribution in [2.45, 2.75) is 19.3 Å². The summed E-state index contributed by atoms with van der Waals surface area (Å²) in [5.74, 6) is -0.281. The van der Waals surface area contributed by atoms with Gasteiger partial charge < -0.3 is 23.8 Å². The first-order chi connectivity index (χ1) is 22.0. The van der Waals surface area contributed by atoms with Gasteiger partial charge in [-0.3, -0.25) is 19.5 Å². The van der Waals surface area contributed by atoms with Crippen molar-refractivity contribution in [3.05, 3.63) is 84.3 Å². The van der Waals surface area contributed by atoms with Crippen LogP contribution >= 0.6 is 0 Å². The minimum Gasteiger partial charge on any atom is -0.493 e. The minimum absolute atomic E-state index is 0.00769. The SMILES string of the molecule is COc1cc2c(Oc3ccc(CC(=O)C4CCN(c5ccccc5)C4=O)cc3F)ccnc2cc1OCCCN1CCOCC1. The van der Waals surface area contributed by atoms with Crippen LogP contribution in [0.4, 0.5) is 10.1 Å². The Morgan fingerprint density at radius 3 is 2.58 bits per heavy atom. The number of benzene rings is 3. The lowest BCUT2D eigenvalue weighted by atomic mass is 9.96. The molecule has 6 rings (SSSR count). The lowest BCUT2D eigenvalue weighted by Gasteiger charge is -2.26. The van der Waals surface area contributed by atoms with Gasteiger partial charge in [-0.1, -0.05) is 24.3 Å². The van der Waals surface area contributed by atoms with Crippen LogP contribution in [0.15, 0.2) is 72.9 Å². The third-order valence-electron chi connectivity index (χ3n) is 8.22. The van der Waals surface area contributed by atoms with Crippen molar-refractivity contribution in [1.29, 1.82) is 0 Å². The third-order valence-corrected chi connectivity index (χ3v) is 8.22. The van der Waals surface area contributed by atoms with E-state index in [9.17, 15) is 9.59 Å². The molecule has 1 unspecified atom stereocenters. The van der Waals surface area contributed by atoms with Gasteiger partial charge in [0.2, 0.25) is 5.91 Å². The summed E-state index contributed by atoms with van der Waals surface area (Å²) in [6, 6.07) is 19.0. The van der Waals surface area contributed by atoms with Crippen LogP contribution in [0.5, 0.6) is 23.0 Å². The lowest BCUT2D eigenvalue weighted by Crippen LogP contribution is -2.37. The standard InChI is InChI=1S/C35H36FN3O6/c1-42-33-22-27-29(23-34(33)44-17-5-13-38-15-18-43-19-16-38)37-12-10-31(27)45-32-9-8-24(20-28(32)36)21-30(40)26-11-14-39(35(26)41)25-6-3-2-4-7-25/h2-4,6-10,12,20,22-23,26H,5,11,13-19,21H2,1H3. The van der Waals surface area contributed by atoms with Gasteiger partial charge in [0, 0.05) is 55.9 Å². The molecule has 45 heavy (non-hydrogen) atoms. The first-order valence-corrected chi connectivity index (χ1v) is 15.3. The van der Waals surface area contributed by atoms with Crippen molar-refractivity contribution in [3.63, 3.8) is 0 Å². The van der Waals surface area contributed by atoms with E-state index in [1.54, 1.807) is 42.5 Å². The Hall–Kier alpha value is -4.54. The quantitative estimate of drug-likeness (QED) is 0.154. The summed E-state index contributed by atoms with van der Waals surface area (Å²) in [7, 11) is 1.57. The summed E-state index contributed by atoms with van der Waals surface area (Å²) in [6.45, 7) is 5.33. The van der Waals surface area contributed by atoms with E-state index in [0.717, 1.165) is 45.0 Å². The Labute approximate surface area is 261 Å². The molecule has 3 aromatic carbocycles. The number of Topliss-reactive ketones (excluding diaryl/α,β-unsaturated/α-hetero) is 1. The fraction of sp³-hybridized carbons (Fsp3) is 0.343. The highest BCUT2D eigenvalue weighted by Gasteiger charge is 2.37. The number of ether oxygens (including phenoxy) is 4. The molecule has 4 aromatic rings. The molecule has 2 saturated heterocycles. The number of carbonyl (C=O) groups is 2. The molecule has 0 aliphatic carbocycles. The summed E-state index contributed by atoms with van der Waals surface area (Å²) in [5.41, 5.74) is 1.87. The second kappa shape index (κ2) is 14.0. The molecule has 9 nitrogen and oxygen atoms in total. The number of hydrogen-bond donors (Lipinski definition) is 0. The molecule has 2 aliphatic rings. The van der Waals surface area contributed by atoms with Gasteiger partial charge in [-0.05, 0) is 54.8 Å². The molecular weight excluding hydrogens is 577 g/mol. The van der Waals surface area contributed by atoms with Gasteiger partial charge in [0.1, 0.15) is 11.5 Å². The number of ketones is 1. The van der Waals surface area contributed by atoms with Crippen LogP contribution in [0.25, 0.3) is 10.9 Å². The Kier molecular flexibility index (Phi) is 9.52. The second-order valence-electron chi connectivity index (χ2n) is 11.2. The smallest absolute Gasteiger partial charge is 0.237 e. The van der Waals surface area contributed by atoms with Gasteiger partial charge in [0.05, 0.1) is 38.4 Å². The fourth-order valence-electron chi connectivity index (χ4n) is 5.81. The minimum atomic E-state index is -0.735. The monoisotopic (exact) mass is 613 g/mol. The summed E-state index contributed by atoms with van der Waals surface area (Å²) in [5, 5.41) is 0.636. The Balaban J connectivity index is 1.10. The van der Waals surface area contributed by atoms with Crippen molar-refractivity contribution in [2.75, 3.05) is 58.0 Å². The van der Waals surface area contributed by atoms with Crippen LogP contribution < -0.4 is 19.1 Å². The number of morpholine rings is 1. The Morgan fingerprint density at radius 2 is 1.80 bits per heavy atom. The number of carbonyl (C=O) groups excluding carboxylic acids is 2. The van der Waals surface area contributed by atoms with E-state index < -0.39 is 11.7 Å². The summed E-state index contributed by atoms with van der Waals surface area (Å²) >= 11 is 0. The molecular formula is C35H36FN3O6. The number of methoxy groups -OCH3 is 1. The molecule has 0 spiro atoms. The highest BCUT2D eigenvalue weighted by Crippen LogP contribution is 2.38. The van der Waals surface area contributed by atoms with Gasteiger partial charge in [0.25, 0.3) is 0 Å². The Bertz CT molecular complexity index is 1660. The predicted molar refractivity (Wildman–Crippen MR) is 168 cm³/mol. The zero-order chi connectivity index (χ0) is 31.2. The molecule has 0 N–H and O–H groups in total. The normalized spacial score (nSPS) is 17.1. The zero-order valence-electron chi connectivity index (χ0n) is 25.2. The number of halogens is 1. The molecule has 0 radical (unpaired) electrons. The zero-order valence-corrected chi connectivity index (χ0v) is 25.2. The van der Waals surface area contributed by atoms with E-state index in [1.807, 2.05) is 30.3 Å². The maximum atomic E-state index is 15.3. The van der Waals surface area contributed by atoms with E-state index >= 15 is 4.39 Å². The topological polar surface area (TPSA) is 90.4 Å². The summed E-state index contributed by atoms with van der Waals surface area (Å²) in [6.07, 6.45) is 2.85. The number of hydrogen-bond acceptors (Lipinski definition) is 8. The highest BCUT2D eigenvalue weighted by molar-refractivity contribution is 6.10. The molecule has 234 valence electrons. The first-order valence-electron chi connectivity index (χ1n) is 15.3. The van der Waals surface area contributed by atoms with Crippen LogP contribution in [0.3, 0.4) is 0 Å². The largest absolute Gasteiger partial charge is 0.493 e. The van der Waals surface area contributed by atoms with Crippen molar-refractivity contribution >= 4 is 28.3 Å². The van der Waals surface area contributed by atoms with Crippen LogP contribution in [0.1, 0.15) is 18.4 Å².